The Morgan fingerprint density at radius 3 is 2.53 bits per heavy atom. The second-order valence-corrected chi connectivity index (χ2v) is 12.6. The van der Waals surface area contributed by atoms with E-state index in [0.29, 0.717) is 30.3 Å². The Hall–Kier alpha value is -1.04. The third-order valence-corrected chi connectivity index (χ3v) is 10.2. The molecule has 3 N–H and O–H groups in total. The largest absolute Gasteiger partial charge is 0.390 e. The van der Waals surface area contributed by atoms with E-state index >= 15 is 0 Å². The minimum atomic E-state index is -1.01. The number of fused-ring (bicyclic) bond motifs is 2. The van der Waals surface area contributed by atoms with Gasteiger partial charge in [-0.05, 0) is 75.2 Å². The first-order valence-corrected chi connectivity index (χ1v) is 12.6. The van der Waals surface area contributed by atoms with Crippen LogP contribution in [-0.4, -0.2) is 44.7 Å². The number of rotatable bonds is 5. The van der Waals surface area contributed by atoms with E-state index in [1.54, 1.807) is 6.08 Å². The van der Waals surface area contributed by atoms with E-state index in [9.17, 15) is 24.9 Å². The van der Waals surface area contributed by atoms with Crippen LogP contribution in [0.3, 0.4) is 0 Å². The first-order chi connectivity index (χ1) is 14.8. The lowest BCUT2D eigenvalue weighted by Crippen LogP contribution is -2.62. The molecular weight excluding hydrogens is 404 g/mol. The second-order valence-electron chi connectivity index (χ2n) is 12.6. The summed E-state index contributed by atoms with van der Waals surface area (Å²) in [5, 5.41) is 30.8. The Morgan fingerprint density at radius 1 is 1.19 bits per heavy atom. The molecule has 5 heteroatoms. The normalized spacial score (nSPS) is 45.1. The van der Waals surface area contributed by atoms with Crippen LogP contribution in [0.25, 0.3) is 0 Å². The summed E-state index contributed by atoms with van der Waals surface area (Å²) in [6.07, 6.45) is 6.22. The average molecular weight is 447 g/mol. The maximum atomic E-state index is 13.7. The average Bonchev–Trinajstić information content (AvgIpc) is 2.99. The van der Waals surface area contributed by atoms with Crippen molar-refractivity contribution in [1.82, 2.24) is 0 Å². The van der Waals surface area contributed by atoms with Crippen LogP contribution in [0, 0.1) is 34.0 Å². The van der Waals surface area contributed by atoms with Gasteiger partial charge in [-0.3, -0.25) is 9.59 Å². The maximum Gasteiger partial charge on any atom is 0.160 e. The van der Waals surface area contributed by atoms with Gasteiger partial charge in [0.1, 0.15) is 5.78 Å². The molecule has 4 aliphatic carbocycles. The van der Waals surface area contributed by atoms with Crippen molar-refractivity contribution in [3.05, 3.63) is 11.6 Å². The summed E-state index contributed by atoms with van der Waals surface area (Å²) in [6, 6.07) is 0. The molecule has 3 saturated carbocycles. The predicted molar refractivity (Wildman–Crippen MR) is 123 cm³/mol. The molecule has 180 valence electrons. The number of hydrogen-bond acceptors (Lipinski definition) is 5. The molecule has 1 spiro atoms. The molecule has 0 saturated heterocycles. The summed E-state index contributed by atoms with van der Waals surface area (Å²) >= 11 is 0. The number of hydrogen-bond donors (Lipinski definition) is 3. The van der Waals surface area contributed by atoms with Crippen molar-refractivity contribution >= 4 is 11.6 Å². The van der Waals surface area contributed by atoms with Crippen LogP contribution >= 0.6 is 0 Å². The third-order valence-electron chi connectivity index (χ3n) is 10.2. The third kappa shape index (κ3) is 3.37. The fourth-order valence-corrected chi connectivity index (χ4v) is 8.65. The van der Waals surface area contributed by atoms with E-state index in [-0.39, 0.29) is 29.3 Å². The standard InChI is InChI=1S/C27H42O5/c1-16(7-6-11-24(2,3)32)17-8-9-23(31)27-15-20(29)18-13-19(28)21(30)14-25(18,4)22(27)10-12-26(17,27)5/h13,16-17,19,21-22,28,30,32H,6-12,14-15H2,1-5H3/t16-,17-,19+,21-,22-,25+,26-,27+/m1/s1. The zero-order valence-electron chi connectivity index (χ0n) is 20.5. The van der Waals surface area contributed by atoms with Crippen LogP contribution in [0.2, 0.25) is 0 Å². The van der Waals surface area contributed by atoms with Gasteiger partial charge < -0.3 is 15.3 Å². The predicted octanol–water partition coefficient (Wildman–Crippen LogP) is 3.98. The molecule has 0 amide bonds. The summed E-state index contributed by atoms with van der Waals surface area (Å²) in [7, 11) is 0. The quantitative estimate of drug-likeness (QED) is 0.594. The summed E-state index contributed by atoms with van der Waals surface area (Å²) in [5.74, 6) is 1.06. The summed E-state index contributed by atoms with van der Waals surface area (Å²) in [5.41, 5.74) is -1.47. The molecule has 4 rings (SSSR count). The van der Waals surface area contributed by atoms with Crippen molar-refractivity contribution in [2.24, 2.45) is 34.0 Å². The van der Waals surface area contributed by atoms with Crippen LogP contribution in [-0.2, 0) is 9.59 Å². The smallest absolute Gasteiger partial charge is 0.160 e. The number of carbonyl (C=O) groups is 2. The monoisotopic (exact) mass is 446 g/mol. The zero-order chi connectivity index (χ0) is 23.7. The summed E-state index contributed by atoms with van der Waals surface area (Å²) in [6.45, 7) is 10.3. The number of aliphatic hydroxyl groups is 3. The fourth-order valence-electron chi connectivity index (χ4n) is 8.65. The number of ketones is 2. The highest BCUT2D eigenvalue weighted by Gasteiger charge is 2.72. The molecule has 4 aliphatic rings. The molecule has 0 radical (unpaired) electrons. The van der Waals surface area contributed by atoms with Gasteiger partial charge in [0.2, 0.25) is 0 Å². The topological polar surface area (TPSA) is 94.8 Å². The molecule has 5 nitrogen and oxygen atoms in total. The van der Waals surface area contributed by atoms with Crippen molar-refractivity contribution in [2.75, 3.05) is 0 Å². The molecular formula is C27H42O5. The van der Waals surface area contributed by atoms with Gasteiger partial charge in [-0.15, -0.1) is 0 Å². The molecule has 0 aromatic heterocycles. The van der Waals surface area contributed by atoms with Gasteiger partial charge in [-0.2, -0.15) is 0 Å². The van der Waals surface area contributed by atoms with E-state index in [4.69, 9.17) is 0 Å². The van der Waals surface area contributed by atoms with E-state index < -0.39 is 28.6 Å². The molecule has 0 aliphatic heterocycles. The molecule has 0 heterocycles. The SMILES string of the molecule is C[C@H](CCCC(C)(C)O)[C@H]1CCC(=O)[C@]23CC(=O)C4=C[C@H](O)[C@H](O)C[C@]4(C)[C@H]2CC[C@]13C. The second kappa shape index (κ2) is 7.74. The van der Waals surface area contributed by atoms with Crippen LogP contribution in [0.4, 0.5) is 0 Å². The first-order valence-electron chi connectivity index (χ1n) is 12.6. The van der Waals surface area contributed by atoms with Crippen molar-refractivity contribution in [1.29, 1.82) is 0 Å². The molecule has 0 bridgehead atoms. The lowest BCUT2D eigenvalue weighted by molar-refractivity contribution is -0.168. The number of allylic oxidation sites excluding steroid dienone is 1. The van der Waals surface area contributed by atoms with Crippen molar-refractivity contribution in [3.63, 3.8) is 0 Å². The Morgan fingerprint density at radius 2 is 1.88 bits per heavy atom. The molecule has 0 aromatic rings. The van der Waals surface area contributed by atoms with E-state index in [0.717, 1.165) is 38.5 Å². The Balaban J connectivity index is 1.69. The molecule has 32 heavy (non-hydrogen) atoms. The van der Waals surface area contributed by atoms with Gasteiger partial charge >= 0.3 is 0 Å². The highest BCUT2D eigenvalue weighted by Crippen LogP contribution is 2.74. The van der Waals surface area contributed by atoms with Crippen LogP contribution in [0.5, 0.6) is 0 Å². The molecule has 0 aromatic carbocycles. The van der Waals surface area contributed by atoms with Crippen LogP contribution in [0.15, 0.2) is 11.6 Å². The Bertz CT molecular complexity index is 824. The molecule has 3 fully saturated rings. The van der Waals surface area contributed by atoms with E-state index in [2.05, 4.69) is 13.8 Å². The van der Waals surface area contributed by atoms with E-state index in [1.165, 1.54) is 0 Å². The van der Waals surface area contributed by atoms with Crippen LogP contribution < -0.4 is 0 Å². The number of carbonyl (C=O) groups excluding carboxylic acids is 2. The van der Waals surface area contributed by atoms with Gasteiger partial charge in [0.25, 0.3) is 0 Å². The van der Waals surface area contributed by atoms with Crippen LogP contribution in [0.1, 0.15) is 92.4 Å². The maximum absolute atomic E-state index is 13.7. The minimum absolute atomic E-state index is 0.00786. The van der Waals surface area contributed by atoms with Crippen molar-refractivity contribution in [2.45, 2.75) is 110 Å². The van der Waals surface area contributed by atoms with Gasteiger partial charge in [0.05, 0.1) is 17.8 Å². The van der Waals surface area contributed by atoms with Gasteiger partial charge in [-0.1, -0.05) is 33.6 Å². The number of Topliss-reactive ketones (excluding diaryl/α,β-unsaturated/α-hetero) is 2. The zero-order valence-corrected chi connectivity index (χ0v) is 20.5. The van der Waals surface area contributed by atoms with Crippen molar-refractivity contribution in [3.8, 4) is 0 Å². The van der Waals surface area contributed by atoms with E-state index in [1.807, 2.05) is 20.8 Å². The highest BCUT2D eigenvalue weighted by atomic mass is 16.3. The summed E-state index contributed by atoms with van der Waals surface area (Å²) < 4.78 is 0. The summed E-state index contributed by atoms with van der Waals surface area (Å²) in [4.78, 5) is 27.2. The Labute approximate surface area is 192 Å². The minimum Gasteiger partial charge on any atom is -0.390 e. The van der Waals surface area contributed by atoms with Gasteiger partial charge in [-0.25, -0.2) is 0 Å². The first kappa shape index (κ1) is 24.1. The lowest BCUT2D eigenvalue weighted by Gasteiger charge is -2.61. The Kier molecular flexibility index (Phi) is 5.83. The number of aliphatic hydroxyl groups excluding tert-OH is 2. The van der Waals surface area contributed by atoms with Gasteiger partial charge in [0.15, 0.2) is 5.78 Å². The molecule has 0 unspecified atom stereocenters. The van der Waals surface area contributed by atoms with Gasteiger partial charge in [0, 0.05) is 29.2 Å². The molecule has 8 atom stereocenters. The highest BCUT2D eigenvalue weighted by molar-refractivity contribution is 6.04. The van der Waals surface area contributed by atoms with Crippen molar-refractivity contribution < 1.29 is 24.9 Å². The lowest BCUT2D eigenvalue weighted by atomic mass is 9.41. The fraction of sp³-hybridized carbons (Fsp3) is 0.852.